The molecule has 7 heteroatoms. The molecule has 0 aromatic heterocycles. The van der Waals surface area contributed by atoms with Gasteiger partial charge >= 0.3 is 0 Å². The molecular formula is C23H39IN4O2. The number of ether oxygens (including phenoxy) is 2. The van der Waals surface area contributed by atoms with Crippen LogP contribution in [0.25, 0.3) is 0 Å². The number of hydrogen-bond donors (Lipinski definition) is 1. The zero-order valence-corrected chi connectivity index (χ0v) is 21.1. The smallest absolute Gasteiger partial charge is 0.193 e. The molecule has 2 saturated heterocycles. The zero-order chi connectivity index (χ0) is 20.5. The van der Waals surface area contributed by atoms with Gasteiger partial charge in [0, 0.05) is 64.7 Å². The Hall–Kier alpha value is -1.22. The number of aliphatic imine (C=N–C) groups is 1. The highest BCUT2D eigenvalue weighted by Gasteiger charge is 2.23. The van der Waals surface area contributed by atoms with Crippen molar-refractivity contribution in [1.82, 2.24) is 10.2 Å². The summed E-state index contributed by atoms with van der Waals surface area (Å²) in [6.07, 6.45) is 4.80. The van der Waals surface area contributed by atoms with Crippen LogP contribution >= 0.6 is 24.0 Å². The molecule has 0 radical (unpaired) electrons. The molecule has 6 nitrogen and oxygen atoms in total. The van der Waals surface area contributed by atoms with E-state index in [4.69, 9.17) is 14.5 Å². The fraction of sp³-hybridized carbons (Fsp3) is 0.696. The minimum absolute atomic E-state index is 0. The Kier molecular flexibility index (Phi) is 11.1. The topological polar surface area (TPSA) is 49.3 Å². The van der Waals surface area contributed by atoms with Crippen LogP contribution in [0.3, 0.4) is 0 Å². The van der Waals surface area contributed by atoms with E-state index in [1.165, 1.54) is 31.4 Å². The number of anilines is 1. The van der Waals surface area contributed by atoms with Gasteiger partial charge in [0.25, 0.3) is 0 Å². The summed E-state index contributed by atoms with van der Waals surface area (Å²) in [7, 11) is 3.89. The van der Waals surface area contributed by atoms with E-state index in [0.29, 0.717) is 5.92 Å². The molecule has 2 heterocycles. The number of guanidine groups is 1. The normalized spacial score (nSPS) is 20.0. The maximum Gasteiger partial charge on any atom is 0.193 e. The summed E-state index contributed by atoms with van der Waals surface area (Å²) in [5, 5.41) is 3.47. The van der Waals surface area contributed by atoms with E-state index >= 15 is 0 Å². The molecule has 1 unspecified atom stereocenters. The Labute approximate surface area is 199 Å². The molecule has 1 N–H and O–H groups in total. The van der Waals surface area contributed by atoms with Gasteiger partial charge in [0.1, 0.15) is 5.75 Å². The van der Waals surface area contributed by atoms with Crippen molar-refractivity contribution >= 4 is 35.6 Å². The summed E-state index contributed by atoms with van der Waals surface area (Å²) in [4.78, 5) is 9.72. The van der Waals surface area contributed by atoms with Gasteiger partial charge in [0.15, 0.2) is 5.96 Å². The third-order valence-electron chi connectivity index (χ3n) is 6.11. The van der Waals surface area contributed by atoms with Gasteiger partial charge < -0.3 is 24.6 Å². The van der Waals surface area contributed by atoms with Crippen molar-refractivity contribution in [2.75, 3.05) is 65.0 Å². The monoisotopic (exact) mass is 530 g/mol. The van der Waals surface area contributed by atoms with E-state index in [1.54, 1.807) is 7.11 Å². The highest BCUT2D eigenvalue weighted by molar-refractivity contribution is 14.0. The predicted molar refractivity (Wildman–Crippen MR) is 135 cm³/mol. The van der Waals surface area contributed by atoms with Gasteiger partial charge in [-0.05, 0) is 56.6 Å². The second-order valence-electron chi connectivity index (χ2n) is 8.26. The summed E-state index contributed by atoms with van der Waals surface area (Å²) in [5.41, 5.74) is 1.25. The number of methoxy groups -OCH3 is 1. The number of hydrogen-bond acceptors (Lipinski definition) is 4. The third-order valence-corrected chi connectivity index (χ3v) is 6.11. The van der Waals surface area contributed by atoms with Crippen LogP contribution in [-0.4, -0.2) is 71.0 Å². The van der Waals surface area contributed by atoms with Gasteiger partial charge in [-0.2, -0.15) is 0 Å². The quantitative estimate of drug-likeness (QED) is 0.315. The minimum atomic E-state index is 0. The van der Waals surface area contributed by atoms with Crippen molar-refractivity contribution in [2.24, 2.45) is 16.8 Å². The molecule has 1 aromatic rings. The molecule has 2 aliphatic rings. The van der Waals surface area contributed by atoms with Crippen LogP contribution in [-0.2, 0) is 4.74 Å². The SMILES string of the molecule is CCNC(=NCC1CCN(c2cccc(OC)c2)C1)N(C)CCC1CCOCC1.I. The fourth-order valence-corrected chi connectivity index (χ4v) is 4.23. The lowest BCUT2D eigenvalue weighted by Crippen LogP contribution is -2.40. The Bertz CT molecular complexity index is 652. The van der Waals surface area contributed by atoms with Gasteiger partial charge in [0.2, 0.25) is 0 Å². The van der Waals surface area contributed by atoms with E-state index in [1.807, 2.05) is 6.07 Å². The predicted octanol–water partition coefficient (Wildman–Crippen LogP) is 3.85. The van der Waals surface area contributed by atoms with E-state index in [0.717, 1.165) is 63.6 Å². The lowest BCUT2D eigenvalue weighted by Gasteiger charge is -2.27. The fourth-order valence-electron chi connectivity index (χ4n) is 4.23. The van der Waals surface area contributed by atoms with E-state index in [-0.39, 0.29) is 24.0 Å². The Morgan fingerprint density at radius 3 is 2.80 bits per heavy atom. The van der Waals surface area contributed by atoms with Crippen LogP contribution in [0.1, 0.15) is 32.6 Å². The number of nitrogens with one attached hydrogen (secondary N) is 1. The molecule has 0 spiro atoms. The minimum Gasteiger partial charge on any atom is -0.497 e. The van der Waals surface area contributed by atoms with Gasteiger partial charge in [0.05, 0.1) is 7.11 Å². The highest BCUT2D eigenvalue weighted by atomic mass is 127. The van der Waals surface area contributed by atoms with Crippen LogP contribution < -0.4 is 15.0 Å². The molecule has 170 valence electrons. The van der Waals surface area contributed by atoms with Crippen LogP contribution in [0.2, 0.25) is 0 Å². The van der Waals surface area contributed by atoms with Crippen molar-refractivity contribution in [3.8, 4) is 5.75 Å². The first-order valence-corrected chi connectivity index (χ1v) is 11.2. The maximum absolute atomic E-state index is 5.48. The van der Waals surface area contributed by atoms with Crippen molar-refractivity contribution in [3.05, 3.63) is 24.3 Å². The molecule has 3 rings (SSSR count). The summed E-state index contributed by atoms with van der Waals surface area (Å²) in [6, 6.07) is 8.36. The van der Waals surface area contributed by atoms with Crippen LogP contribution in [0.5, 0.6) is 5.75 Å². The van der Waals surface area contributed by atoms with Crippen molar-refractivity contribution < 1.29 is 9.47 Å². The molecular weight excluding hydrogens is 491 g/mol. The van der Waals surface area contributed by atoms with Gasteiger partial charge in [-0.25, -0.2) is 0 Å². The molecule has 30 heavy (non-hydrogen) atoms. The number of nitrogens with zero attached hydrogens (tertiary/aromatic N) is 3. The molecule has 1 atom stereocenters. The molecule has 0 amide bonds. The van der Waals surface area contributed by atoms with Crippen molar-refractivity contribution in [3.63, 3.8) is 0 Å². The number of halogens is 1. The largest absolute Gasteiger partial charge is 0.497 e. The molecule has 2 aliphatic heterocycles. The average Bonchev–Trinajstić information content (AvgIpc) is 3.25. The van der Waals surface area contributed by atoms with Crippen molar-refractivity contribution in [2.45, 2.75) is 32.6 Å². The first kappa shape index (κ1) is 25.0. The van der Waals surface area contributed by atoms with Gasteiger partial charge in [-0.1, -0.05) is 6.07 Å². The molecule has 0 aliphatic carbocycles. The standard InChI is InChI=1S/C23H38N4O2.HI/c1-4-24-23(26(2)12-8-19-10-14-29-15-11-19)25-17-20-9-13-27(18-20)21-6-5-7-22(16-21)28-3;/h5-7,16,19-20H,4,8-15,17-18H2,1-3H3,(H,24,25);1H. The van der Waals surface area contributed by atoms with Crippen LogP contribution in [0.4, 0.5) is 5.69 Å². The van der Waals surface area contributed by atoms with Gasteiger partial charge in [-0.3, -0.25) is 4.99 Å². The maximum atomic E-state index is 5.48. The lowest BCUT2D eigenvalue weighted by molar-refractivity contribution is 0.0625. The molecule has 1 aromatic carbocycles. The third kappa shape index (κ3) is 7.48. The second kappa shape index (κ2) is 13.2. The Morgan fingerprint density at radius 1 is 1.27 bits per heavy atom. The summed E-state index contributed by atoms with van der Waals surface area (Å²) in [6.45, 7) is 8.97. The Morgan fingerprint density at radius 2 is 2.07 bits per heavy atom. The highest BCUT2D eigenvalue weighted by Crippen LogP contribution is 2.27. The van der Waals surface area contributed by atoms with Crippen LogP contribution in [0.15, 0.2) is 29.3 Å². The summed E-state index contributed by atoms with van der Waals surface area (Å²) < 4.78 is 10.9. The first-order chi connectivity index (χ1) is 14.2. The number of benzene rings is 1. The molecule has 2 fully saturated rings. The van der Waals surface area contributed by atoms with Gasteiger partial charge in [-0.15, -0.1) is 24.0 Å². The first-order valence-electron chi connectivity index (χ1n) is 11.2. The average molecular weight is 530 g/mol. The Balaban J connectivity index is 0.00000320. The summed E-state index contributed by atoms with van der Waals surface area (Å²) >= 11 is 0. The van der Waals surface area contributed by atoms with Crippen molar-refractivity contribution in [1.29, 1.82) is 0 Å². The van der Waals surface area contributed by atoms with E-state index in [2.05, 4.69) is 47.3 Å². The number of rotatable bonds is 8. The molecule has 0 saturated carbocycles. The summed E-state index contributed by atoms with van der Waals surface area (Å²) in [5.74, 6) is 3.35. The molecule has 0 bridgehead atoms. The zero-order valence-electron chi connectivity index (χ0n) is 18.8. The van der Waals surface area contributed by atoms with Crippen LogP contribution in [0, 0.1) is 11.8 Å². The lowest BCUT2D eigenvalue weighted by atomic mass is 9.96. The van der Waals surface area contributed by atoms with E-state index in [9.17, 15) is 0 Å². The second-order valence-corrected chi connectivity index (χ2v) is 8.26. The van der Waals surface area contributed by atoms with E-state index < -0.39 is 0 Å².